The number of pyridine rings is 1. The van der Waals surface area contributed by atoms with Crippen molar-refractivity contribution in [1.82, 2.24) is 19.4 Å². The molecule has 7 heteroatoms. The average molecular weight is 392 g/mol. The fourth-order valence-corrected chi connectivity index (χ4v) is 3.95. The van der Waals surface area contributed by atoms with Crippen molar-refractivity contribution in [1.29, 1.82) is 0 Å². The summed E-state index contributed by atoms with van der Waals surface area (Å²) < 4.78 is 3.50. The number of aromatic nitrogens is 3. The molecule has 3 aromatic rings. The minimum Gasteiger partial charge on any atom is -0.391 e. The molecule has 150 valence electrons. The second-order valence-electron chi connectivity index (χ2n) is 7.62. The van der Waals surface area contributed by atoms with Crippen LogP contribution in [0.2, 0.25) is 0 Å². The van der Waals surface area contributed by atoms with E-state index in [-0.39, 0.29) is 23.4 Å². The van der Waals surface area contributed by atoms with Crippen molar-refractivity contribution < 1.29 is 9.90 Å². The monoisotopic (exact) mass is 392 g/mol. The van der Waals surface area contributed by atoms with Gasteiger partial charge in [-0.05, 0) is 24.8 Å². The molecule has 2 heterocycles. The number of aliphatic hydroxyl groups excluding tert-OH is 1. The van der Waals surface area contributed by atoms with Gasteiger partial charge in [0.1, 0.15) is 5.82 Å². The average Bonchev–Trinajstić information content (AvgIpc) is 3.31. The third kappa shape index (κ3) is 4.14. The molecule has 1 aromatic carbocycles. The van der Waals surface area contributed by atoms with Gasteiger partial charge < -0.3 is 19.6 Å². The lowest BCUT2D eigenvalue weighted by molar-refractivity contribution is 0.0872. The molecule has 1 saturated carbocycles. The molecule has 29 heavy (non-hydrogen) atoms. The Balaban J connectivity index is 1.42. The van der Waals surface area contributed by atoms with Gasteiger partial charge in [-0.2, -0.15) is 0 Å². The van der Waals surface area contributed by atoms with E-state index in [0.29, 0.717) is 18.4 Å². The zero-order valence-corrected chi connectivity index (χ0v) is 16.2. The standard InChI is InChI=1S/C22H24N4O3/c1-25-9-7-17(13-20(25)28)22(29)24-18-11-15(12-19(18)27)14-26-10-8-23-21(26)16-5-3-2-4-6-16/h2-10,13,15,18-19,27H,11-12,14H2,1H3,(H,24,29)/t15?,18-,19-/m1/s1. The van der Waals surface area contributed by atoms with E-state index in [1.54, 1.807) is 25.5 Å². The highest BCUT2D eigenvalue weighted by Crippen LogP contribution is 2.29. The number of amides is 1. The molecule has 4 rings (SSSR count). The SMILES string of the molecule is Cn1ccc(C(=O)N[C@@H]2CC(Cn3ccnc3-c3ccccc3)C[C@H]2O)cc1=O. The molecule has 0 bridgehead atoms. The fraction of sp³-hybridized carbons (Fsp3) is 0.318. The van der Waals surface area contributed by atoms with E-state index < -0.39 is 6.10 Å². The third-order valence-corrected chi connectivity index (χ3v) is 5.51. The molecule has 7 nitrogen and oxygen atoms in total. The van der Waals surface area contributed by atoms with E-state index in [9.17, 15) is 14.7 Å². The topological polar surface area (TPSA) is 89.2 Å². The zero-order valence-electron chi connectivity index (χ0n) is 16.2. The van der Waals surface area contributed by atoms with Gasteiger partial charge in [-0.25, -0.2) is 4.98 Å². The summed E-state index contributed by atoms with van der Waals surface area (Å²) >= 11 is 0. The van der Waals surface area contributed by atoms with Gasteiger partial charge in [0.15, 0.2) is 0 Å². The van der Waals surface area contributed by atoms with Crippen LogP contribution in [0.15, 0.2) is 65.8 Å². The molecule has 1 aliphatic carbocycles. The van der Waals surface area contributed by atoms with Crippen LogP contribution in [0, 0.1) is 5.92 Å². The van der Waals surface area contributed by atoms with E-state index in [2.05, 4.69) is 14.9 Å². The Labute approximate surface area is 168 Å². The zero-order chi connectivity index (χ0) is 20.4. The Morgan fingerprint density at radius 2 is 2.00 bits per heavy atom. The van der Waals surface area contributed by atoms with E-state index in [1.165, 1.54) is 10.6 Å². The number of rotatable bonds is 5. The van der Waals surface area contributed by atoms with Crippen molar-refractivity contribution in [3.8, 4) is 11.4 Å². The molecule has 1 amide bonds. The van der Waals surface area contributed by atoms with Crippen molar-refractivity contribution in [3.05, 3.63) is 77.0 Å². The van der Waals surface area contributed by atoms with Crippen LogP contribution >= 0.6 is 0 Å². The first-order chi connectivity index (χ1) is 14.0. The Kier molecular flexibility index (Phi) is 5.31. The lowest BCUT2D eigenvalue weighted by Crippen LogP contribution is -2.40. The van der Waals surface area contributed by atoms with Gasteiger partial charge in [0.05, 0.1) is 12.1 Å². The third-order valence-electron chi connectivity index (χ3n) is 5.51. The summed E-state index contributed by atoms with van der Waals surface area (Å²) in [5.41, 5.74) is 1.12. The van der Waals surface area contributed by atoms with Crippen LogP contribution in [-0.4, -0.2) is 37.3 Å². The maximum atomic E-state index is 12.5. The molecular weight excluding hydrogens is 368 g/mol. The van der Waals surface area contributed by atoms with Crippen molar-refractivity contribution in [2.45, 2.75) is 31.5 Å². The quantitative estimate of drug-likeness (QED) is 0.693. The number of imidazole rings is 1. The summed E-state index contributed by atoms with van der Waals surface area (Å²) in [5.74, 6) is 0.781. The van der Waals surface area contributed by atoms with E-state index in [0.717, 1.165) is 17.9 Å². The Morgan fingerprint density at radius 3 is 2.76 bits per heavy atom. The highest BCUT2D eigenvalue weighted by molar-refractivity contribution is 5.94. The number of aryl methyl sites for hydroxylation is 1. The smallest absolute Gasteiger partial charge is 0.251 e. The number of aliphatic hydroxyl groups is 1. The first kappa shape index (κ1) is 19.1. The number of benzene rings is 1. The minimum atomic E-state index is -0.612. The van der Waals surface area contributed by atoms with Crippen molar-refractivity contribution >= 4 is 5.91 Å². The van der Waals surface area contributed by atoms with Gasteiger partial charge in [-0.1, -0.05) is 30.3 Å². The number of carbonyl (C=O) groups is 1. The van der Waals surface area contributed by atoms with Crippen molar-refractivity contribution in [2.24, 2.45) is 13.0 Å². The molecule has 2 aromatic heterocycles. The summed E-state index contributed by atoms with van der Waals surface area (Å²) in [7, 11) is 1.63. The van der Waals surface area contributed by atoms with E-state index in [4.69, 9.17) is 0 Å². The molecule has 3 atom stereocenters. The maximum Gasteiger partial charge on any atom is 0.251 e. The van der Waals surface area contributed by atoms with E-state index >= 15 is 0 Å². The van der Waals surface area contributed by atoms with Crippen LogP contribution in [0.4, 0.5) is 0 Å². The molecule has 0 radical (unpaired) electrons. The predicted molar refractivity (Wildman–Crippen MR) is 109 cm³/mol. The van der Waals surface area contributed by atoms with Gasteiger partial charge in [0, 0.05) is 49.4 Å². The Hall–Kier alpha value is -3.19. The fourth-order valence-electron chi connectivity index (χ4n) is 3.95. The molecule has 0 spiro atoms. The highest BCUT2D eigenvalue weighted by atomic mass is 16.3. The lowest BCUT2D eigenvalue weighted by Gasteiger charge is -2.16. The van der Waals surface area contributed by atoms with Gasteiger partial charge >= 0.3 is 0 Å². The second-order valence-corrected chi connectivity index (χ2v) is 7.62. The number of carbonyl (C=O) groups excluding carboxylic acids is 1. The molecular formula is C22H24N4O3. The molecule has 1 fully saturated rings. The summed E-state index contributed by atoms with van der Waals surface area (Å²) in [4.78, 5) is 28.7. The first-order valence-corrected chi connectivity index (χ1v) is 9.73. The van der Waals surface area contributed by atoms with Crippen LogP contribution in [-0.2, 0) is 13.6 Å². The molecule has 2 N–H and O–H groups in total. The van der Waals surface area contributed by atoms with Crippen LogP contribution in [0.25, 0.3) is 11.4 Å². The summed E-state index contributed by atoms with van der Waals surface area (Å²) in [6.45, 7) is 0.722. The highest BCUT2D eigenvalue weighted by Gasteiger charge is 2.34. The van der Waals surface area contributed by atoms with Gasteiger partial charge in [0.2, 0.25) is 0 Å². The molecule has 0 aliphatic heterocycles. The van der Waals surface area contributed by atoms with Crippen molar-refractivity contribution in [2.75, 3.05) is 0 Å². The maximum absolute atomic E-state index is 12.5. The number of nitrogens with zero attached hydrogens (tertiary/aromatic N) is 3. The Morgan fingerprint density at radius 1 is 1.21 bits per heavy atom. The van der Waals surface area contributed by atoms with Gasteiger partial charge in [-0.3, -0.25) is 9.59 Å². The van der Waals surface area contributed by atoms with Crippen LogP contribution in [0.3, 0.4) is 0 Å². The van der Waals surface area contributed by atoms with Gasteiger partial charge in [-0.15, -0.1) is 0 Å². The van der Waals surface area contributed by atoms with Crippen LogP contribution < -0.4 is 10.9 Å². The van der Waals surface area contributed by atoms with Gasteiger partial charge in [0.25, 0.3) is 11.5 Å². The largest absolute Gasteiger partial charge is 0.391 e. The van der Waals surface area contributed by atoms with Crippen LogP contribution in [0.1, 0.15) is 23.2 Å². The summed E-state index contributed by atoms with van der Waals surface area (Å²) in [5, 5.41) is 13.3. The number of hydrogen-bond acceptors (Lipinski definition) is 4. The number of hydrogen-bond donors (Lipinski definition) is 2. The minimum absolute atomic E-state index is 0.218. The predicted octanol–water partition coefficient (Wildman–Crippen LogP) is 1.82. The molecule has 1 unspecified atom stereocenters. The Bertz CT molecular complexity index is 1060. The van der Waals surface area contributed by atoms with Crippen LogP contribution in [0.5, 0.6) is 0 Å². The lowest BCUT2D eigenvalue weighted by atomic mass is 10.1. The van der Waals surface area contributed by atoms with Crippen molar-refractivity contribution in [3.63, 3.8) is 0 Å². The first-order valence-electron chi connectivity index (χ1n) is 9.73. The summed E-state index contributed by atoms with van der Waals surface area (Å²) in [6.07, 6.45) is 5.95. The normalized spacial score (nSPS) is 21.2. The molecule has 0 saturated heterocycles. The number of nitrogens with one attached hydrogen (secondary N) is 1. The molecule has 1 aliphatic rings. The van der Waals surface area contributed by atoms with E-state index in [1.807, 2.05) is 36.5 Å². The summed E-state index contributed by atoms with van der Waals surface area (Å²) in [6, 6.07) is 12.6. The second kappa shape index (κ2) is 8.05.